The molecule has 9 nitrogen and oxygen atoms in total. The van der Waals surface area contributed by atoms with Crippen LogP contribution in [-0.2, 0) is 25.7 Å². The van der Waals surface area contributed by atoms with Crippen LogP contribution in [0, 0.1) is 10.1 Å². The molecule has 0 aromatic heterocycles. The third-order valence-electron chi connectivity index (χ3n) is 4.17. The largest absolute Gasteiger partial charge is 0.456 e. The highest BCUT2D eigenvalue weighted by Gasteiger charge is 2.53. The first-order valence-corrected chi connectivity index (χ1v) is 9.97. The number of nitro benzene ring substituents is 1. The molecule has 11 heteroatoms. The minimum absolute atomic E-state index is 0.0543. The van der Waals surface area contributed by atoms with Gasteiger partial charge >= 0.3 is 5.97 Å². The average Bonchev–Trinajstić information content (AvgIpc) is 2.69. The van der Waals surface area contributed by atoms with E-state index in [0.29, 0.717) is 23.1 Å². The van der Waals surface area contributed by atoms with Crippen LogP contribution >= 0.6 is 27.7 Å². The summed E-state index contributed by atoms with van der Waals surface area (Å²) in [5, 5.41) is 13.2. The molecule has 0 saturated carbocycles. The van der Waals surface area contributed by atoms with Crippen LogP contribution in [-0.4, -0.2) is 50.6 Å². The number of nitro groups is 1. The predicted octanol–water partition coefficient (Wildman–Crippen LogP) is 1.32. The summed E-state index contributed by atoms with van der Waals surface area (Å²) in [5.74, 6) is -0.482. The van der Waals surface area contributed by atoms with Gasteiger partial charge in [0.15, 0.2) is 0 Å². The summed E-state index contributed by atoms with van der Waals surface area (Å²) in [7, 11) is 0. The maximum atomic E-state index is 12.6. The molecule has 2 atom stereocenters. The molecular formula is C16H14BrN3O6S. The Morgan fingerprint density at radius 1 is 1.44 bits per heavy atom. The molecule has 1 aromatic carbocycles. The molecule has 0 bridgehead atoms. The number of benzene rings is 1. The van der Waals surface area contributed by atoms with E-state index in [1.54, 1.807) is 0 Å². The standard InChI is InChI=1S/C16H14BrN3O6S/c17-5-10-7-27-15-12(18-8-21)14(22)19(15)13(10)16(23)26-6-9-1-3-11(4-2-9)20(24)25/h1-4,8,12,15H,5-7H2,(H,18,21)/t12?,15-/m1/s1. The molecule has 1 unspecified atom stereocenters. The van der Waals surface area contributed by atoms with Crippen molar-refractivity contribution in [2.24, 2.45) is 0 Å². The smallest absolute Gasteiger partial charge is 0.355 e. The monoisotopic (exact) mass is 455 g/mol. The van der Waals surface area contributed by atoms with Gasteiger partial charge in [0.2, 0.25) is 6.41 Å². The van der Waals surface area contributed by atoms with E-state index in [-0.39, 0.29) is 29.3 Å². The van der Waals surface area contributed by atoms with Crippen LogP contribution in [0.25, 0.3) is 0 Å². The van der Waals surface area contributed by atoms with E-state index in [2.05, 4.69) is 21.2 Å². The summed E-state index contributed by atoms with van der Waals surface area (Å²) < 4.78 is 5.32. The SMILES string of the molecule is O=CNC1C(=O)N2C(C(=O)OCc3ccc([N+](=O)[O-])cc3)=C(CBr)CS[C@H]12. The fourth-order valence-electron chi connectivity index (χ4n) is 2.80. The average molecular weight is 456 g/mol. The van der Waals surface area contributed by atoms with Gasteiger partial charge in [0.25, 0.3) is 11.6 Å². The number of β-lactam (4-membered cyclic amide) rings is 1. The third-order valence-corrected chi connectivity index (χ3v) is 6.18. The predicted molar refractivity (Wildman–Crippen MR) is 99.8 cm³/mol. The van der Waals surface area contributed by atoms with Crippen LogP contribution in [0.5, 0.6) is 0 Å². The van der Waals surface area contributed by atoms with Gasteiger partial charge in [0, 0.05) is 23.2 Å². The minimum Gasteiger partial charge on any atom is -0.456 e. The quantitative estimate of drug-likeness (QED) is 0.164. The normalized spacial score (nSPS) is 21.2. The zero-order valence-electron chi connectivity index (χ0n) is 13.8. The van der Waals surface area contributed by atoms with Gasteiger partial charge < -0.3 is 10.1 Å². The van der Waals surface area contributed by atoms with Crippen LogP contribution in [0.3, 0.4) is 0 Å². The van der Waals surface area contributed by atoms with E-state index in [1.807, 2.05) is 0 Å². The summed E-state index contributed by atoms with van der Waals surface area (Å²) in [5.41, 5.74) is 1.45. The summed E-state index contributed by atoms with van der Waals surface area (Å²) in [6.07, 6.45) is 0.469. The molecule has 0 radical (unpaired) electrons. The summed E-state index contributed by atoms with van der Waals surface area (Å²) in [6, 6.07) is 5.01. The van der Waals surface area contributed by atoms with Crippen molar-refractivity contribution in [1.29, 1.82) is 0 Å². The Hall–Kier alpha value is -2.40. The number of esters is 1. The number of rotatable bonds is 7. The number of ether oxygens (including phenoxy) is 1. The van der Waals surface area contributed by atoms with Gasteiger partial charge in [-0.2, -0.15) is 0 Å². The lowest BCUT2D eigenvalue weighted by Crippen LogP contribution is -2.69. The van der Waals surface area contributed by atoms with E-state index in [1.165, 1.54) is 40.9 Å². The van der Waals surface area contributed by atoms with Gasteiger partial charge in [-0.15, -0.1) is 11.8 Å². The first-order chi connectivity index (χ1) is 13.0. The molecule has 3 rings (SSSR count). The second-order valence-corrected chi connectivity index (χ2v) is 7.42. The van der Waals surface area contributed by atoms with Crippen LogP contribution in [0.1, 0.15) is 5.56 Å². The first kappa shape index (κ1) is 19.4. The van der Waals surface area contributed by atoms with Crippen LogP contribution in [0.15, 0.2) is 35.5 Å². The molecule has 27 heavy (non-hydrogen) atoms. The molecule has 2 amide bonds. The Morgan fingerprint density at radius 2 is 2.15 bits per heavy atom. The van der Waals surface area contributed by atoms with E-state index in [9.17, 15) is 24.5 Å². The van der Waals surface area contributed by atoms with Gasteiger partial charge in [0.1, 0.15) is 23.7 Å². The number of amides is 2. The van der Waals surface area contributed by atoms with Gasteiger partial charge in [-0.25, -0.2) is 4.79 Å². The van der Waals surface area contributed by atoms with Crippen molar-refractivity contribution >= 4 is 51.7 Å². The van der Waals surface area contributed by atoms with Crippen molar-refractivity contribution in [2.45, 2.75) is 18.0 Å². The number of nitrogens with zero attached hydrogens (tertiary/aromatic N) is 2. The molecule has 1 fully saturated rings. The Balaban J connectivity index is 1.72. The second kappa shape index (κ2) is 8.09. The van der Waals surface area contributed by atoms with Crippen molar-refractivity contribution in [1.82, 2.24) is 10.2 Å². The number of halogens is 1. The van der Waals surface area contributed by atoms with Gasteiger partial charge in [-0.3, -0.25) is 24.6 Å². The van der Waals surface area contributed by atoms with E-state index in [4.69, 9.17) is 4.74 Å². The zero-order chi connectivity index (χ0) is 19.6. The number of carbonyl (C=O) groups is 3. The molecule has 0 aliphatic carbocycles. The van der Waals surface area contributed by atoms with Gasteiger partial charge in [0.05, 0.1) is 4.92 Å². The molecular weight excluding hydrogens is 442 g/mol. The number of nitrogens with one attached hydrogen (secondary N) is 1. The fourth-order valence-corrected chi connectivity index (χ4v) is 4.88. The van der Waals surface area contributed by atoms with Gasteiger partial charge in [-0.05, 0) is 23.3 Å². The lowest BCUT2D eigenvalue weighted by molar-refractivity contribution is -0.384. The van der Waals surface area contributed by atoms with Crippen molar-refractivity contribution in [3.8, 4) is 0 Å². The summed E-state index contributed by atoms with van der Waals surface area (Å²) >= 11 is 4.78. The molecule has 2 aliphatic heterocycles. The number of non-ortho nitro benzene ring substituents is 1. The number of thioether (sulfide) groups is 1. The number of hydrogen-bond donors (Lipinski definition) is 1. The third kappa shape index (κ3) is 3.69. The van der Waals surface area contributed by atoms with Crippen LogP contribution in [0.2, 0.25) is 0 Å². The van der Waals surface area contributed by atoms with Crippen molar-refractivity contribution in [3.05, 3.63) is 51.2 Å². The molecule has 1 aromatic rings. The molecule has 2 aliphatic rings. The molecule has 1 saturated heterocycles. The Kier molecular flexibility index (Phi) is 5.80. The zero-order valence-corrected chi connectivity index (χ0v) is 16.2. The van der Waals surface area contributed by atoms with E-state index in [0.717, 1.165) is 5.57 Å². The number of fused-ring (bicyclic) bond motifs is 1. The van der Waals surface area contributed by atoms with Crippen LogP contribution < -0.4 is 5.32 Å². The first-order valence-electron chi connectivity index (χ1n) is 7.80. The highest BCUT2D eigenvalue weighted by atomic mass is 79.9. The Labute approximate surface area is 166 Å². The highest BCUT2D eigenvalue weighted by Crippen LogP contribution is 2.40. The maximum Gasteiger partial charge on any atom is 0.355 e. The number of hydrogen-bond acceptors (Lipinski definition) is 7. The van der Waals surface area contributed by atoms with E-state index >= 15 is 0 Å². The summed E-state index contributed by atoms with van der Waals surface area (Å²) in [4.78, 5) is 47.1. The van der Waals surface area contributed by atoms with Crippen molar-refractivity contribution < 1.29 is 24.0 Å². The lowest BCUT2D eigenvalue weighted by Gasteiger charge is -2.49. The Bertz CT molecular complexity index is 828. The topological polar surface area (TPSA) is 119 Å². The van der Waals surface area contributed by atoms with E-state index < -0.39 is 16.9 Å². The number of carbonyl (C=O) groups excluding carboxylic acids is 3. The molecule has 142 valence electrons. The Morgan fingerprint density at radius 3 is 2.74 bits per heavy atom. The molecule has 0 spiro atoms. The fraction of sp³-hybridized carbons (Fsp3) is 0.312. The second-order valence-electron chi connectivity index (χ2n) is 5.76. The summed E-state index contributed by atoms with van der Waals surface area (Å²) in [6.45, 7) is -0.0776. The molecule has 1 N–H and O–H groups in total. The number of alkyl halides is 1. The van der Waals surface area contributed by atoms with Crippen molar-refractivity contribution in [3.63, 3.8) is 0 Å². The van der Waals surface area contributed by atoms with Crippen molar-refractivity contribution in [2.75, 3.05) is 11.1 Å². The van der Waals surface area contributed by atoms with Gasteiger partial charge in [-0.1, -0.05) is 15.9 Å². The molecule has 2 heterocycles. The lowest BCUT2D eigenvalue weighted by atomic mass is 10.0. The minimum atomic E-state index is -0.651. The highest BCUT2D eigenvalue weighted by molar-refractivity contribution is 9.09. The maximum absolute atomic E-state index is 12.6. The van der Waals surface area contributed by atoms with Crippen LogP contribution in [0.4, 0.5) is 5.69 Å².